The molecule has 1 aliphatic rings. The number of hydrogen-bond acceptors (Lipinski definition) is 3. The SMILES string of the molecule is CCNCC#CCC1(C(O)(C(=O)O)c2ccccc2)CCCCC1. The number of aliphatic hydroxyl groups is 1. The lowest BCUT2D eigenvalue weighted by molar-refractivity contribution is -0.182. The van der Waals surface area contributed by atoms with Crippen molar-refractivity contribution in [2.24, 2.45) is 5.41 Å². The normalized spacial score (nSPS) is 18.9. The Balaban J connectivity index is 2.39. The molecule has 4 heteroatoms. The third-order valence-corrected chi connectivity index (χ3v) is 5.09. The molecule has 0 radical (unpaired) electrons. The van der Waals surface area contributed by atoms with Gasteiger partial charge in [-0.1, -0.05) is 62.4 Å². The Morgan fingerprint density at radius 1 is 1.21 bits per heavy atom. The number of rotatable bonds is 6. The van der Waals surface area contributed by atoms with Gasteiger partial charge in [-0.15, -0.1) is 5.92 Å². The molecule has 0 aliphatic heterocycles. The molecule has 1 atom stereocenters. The monoisotopic (exact) mass is 329 g/mol. The van der Waals surface area contributed by atoms with Crippen molar-refractivity contribution in [3.05, 3.63) is 35.9 Å². The fourth-order valence-corrected chi connectivity index (χ4v) is 3.71. The van der Waals surface area contributed by atoms with E-state index in [0.29, 0.717) is 31.4 Å². The van der Waals surface area contributed by atoms with Crippen LogP contribution >= 0.6 is 0 Å². The van der Waals surface area contributed by atoms with E-state index in [9.17, 15) is 15.0 Å². The van der Waals surface area contributed by atoms with Crippen LogP contribution in [-0.4, -0.2) is 29.3 Å². The molecule has 2 rings (SSSR count). The number of hydrogen-bond donors (Lipinski definition) is 3. The molecule has 0 bridgehead atoms. The van der Waals surface area contributed by atoms with Gasteiger partial charge in [0.2, 0.25) is 0 Å². The van der Waals surface area contributed by atoms with E-state index in [-0.39, 0.29) is 0 Å². The Morgan fingerprint density at radius 2 is 1.88 bits per heavy atom. The lowest BCUT2D eigenvalue weighted by atomic mass is 9.59. The predicted octanol–water partition coefficient (Wildman–Crippen LogP) is 2.91. The van der Waals surface area contributed by atoms with E-state index >= 15 is 0 Å². The van der Waals surface area contributed by atoms with Crippen molar-refractivity contribution >= 4 is 5.97 Å². The maximum atomic E-state index is 12.2. The molecule has 1 fully saturated rings. The summed E-state index contributed by atoms with van der Waals surface area (Å²) in [5.41, 5.74) is -2.19. The molecule has 0 spiro atoms. The number of carboxylic acid groups (broad SMARTS) is 1. The van der Waals surface area contributed by atoms with Crippen molar-refractivity contribution in [1.29, 1.82) is 0 Å². The molecule has 24 heavy (non-hydrogen) atoms. The fraction of sp³-hybridized carbons (Fsp3) is 0.550. The number of carboxylic acids is 1. The first-order valence-corrected chi connectivity index (χ1v) is 8.74. The van der Waals surface area contributed by atoms with Crippen LogP contribution in [-0.2, 0) is 10.4 Å². The van der Waals surface area contributed by atoms with E-state index in [1.807, 2.05) is 13.0 Å². The highest BCUT2D eigenvalue weighted by molar-refractivity contribution is 5.80. The van der Waals surface area contributed by atoms with Gasteiger partial charge in [0.25, 0.3) is 0 Å². The molecule has 0 saturated heterocycles. The lowest BCUT2D eigenvalue weighted by Gasteiger charge is -2.46. The van der Waals surface area contributed by atoms with Crippen molar-refractivity contribution < 1.29 is 15.0 Å². The molecule has 1 aromatic rings. The van der Waals surface area contributed by atoms with Crippen LogP contribution in [0.3, 0.4) is 0 Å². The van der Waals surface area contributed by atoms with Crippen LogP contribution in [0.25, 0.3) is 0 Å². The van der Waals surface area contributed by atoms with Crippen LogP contribution in [0.2, 0.25) is 0 Å². The summed E-state index contributed by atoms with van der Waals surface area (Å²) in [6.07, 6.45) is 4.70. The zero-order valence-electron chi connectivity index (χ0n) is 14.3. The molecule has 0 heterocycles. The number of nitrogens with one attached hydrogen (secondary N) is 1. The summed E-state index contributed by atoms with van der Waals surface area (Å²) in [6, 6.07) is 8.79. The van der Waals surface area contributed by atoms with Crippen LogP contribution in [0.5, 0.6) is 0 Å². The fourth-order valence-electron chi connectivity index (χ4n) is 3.71. The average Bonchev–Trinajstić information content (AvgIpc) is 2.62. The standard InChI is InChI=1S/C20H27NO3/c1-2-21-16-10-9-15-19(13-7-4-8-14-19)20(24,18(22)23)17-11-5-3-6-12-17/h3,5-6,11-12,21,24H,2,4,7-8,13-16H2,1H3,(H,22,23). The maximum Gasteiger partial charge on any atom is 0.341 e. The molecule has 1 aromatic carbocycles. The topological polar surface area (TPSA) is 69.6 Å². The predicted molar refractivity (Wildman–Crippen MR) is 94.4 cm³/mol. The van der Waals surface area contributed by atoms with E-state index in [0.717, 1.165) is 25.8 Å². The van der Waals surface area contributed by atoms with Gasteiger partial charge >= 0.3 is 5.97 Å². The summed E-state index contributed by atoms with van der Waals surface area (Å²) in [7, 11) is 0. The van der Waals surface area contributed by atoms with Gasteiger partial charge in [0.1, 0.15) is 0 Å². The highest BCUT2D eigenvalue weighted by Crippen LogP contribution is 2.52. The second kappa shape index (κ2) is 8.32. The third-order valence-electron chi connectivity index (χ3n) is 5.09. The Hall–Kier alpha value is -1.83. The van der Waals surface area contributed by atoms with Crippen LogP contribution in [0.4, 0.5) is 0 Å². The van der Waals surface area contributed by atoms with Crippen LogP contribution in [0.1, 0.15) is 51.0 Å². The van der Waals surface area contributed by atoms with Gasteiger partial charge < -0.3 is 15.5 Å². The molecule has 1 unspecified atom stereocenters. The van der Waals surface area contributed by atoms with Gasteiger partial charge in [-0.2, -0.15) is 0 Å². The van der Waals surface area contributed by atoms with Crippen LogP contribution < -0.4 is 5.32 Å². The zero-order valence-corrected chi connectivity index (χ0v) is 14.3. The van der Waals surface area contributed by atoms with Crippen molar-refractivity contribution in [3.8, 4) is 11.8 Å². The van der Waals surface area contributed by atoms with Gasteiger partial charge in [0.05, 0.1) is 6.54 Å². The van der Waals surface area contributed by atoms with E-state index in [1.165, 1.54) is 0 Å². The van der Waals surface area contributed by atoms with Gasteiger partial charge in [-0.3, -0.25) is 0 Å². The van der Waals surface area contributed by atoms with Crippen molar-refractivity contribution in [2.75, 3.05) is 13.1 Å². The van der Waals surface area contributed by atoms with E-state index in [2.05, 4.69) is 17.2 Å². The molecule has 3 N–H and O–H groups in total. The molecular formula is C20H27NO3. The summed E-state index contributed by atoms with van der Waals surface area (Å²) in [4.78, 5) is 12.2. The Bertz CT molecular complexity index is 596. The second-order valence-corrected chi connectivity index (χ2v) is 6.53. The average molecular weight is 329 g/mol. The molecular weight excluding hydrogens is 302 g/mol. The maximum absolute atomic E-state index is 12.2. The zero-order chi connectivity index (χ0) is 17.5. The lowest BCUT2D eigenvalue weighted by Crippen LogP contribution is -2.52. The van der Waals surface area contributed by atoms with Crippen LogP contribution in [0, 0.1) is 17.3 Å². The summed E-state index contributed by atoms with van der Waals surface area (Å²) < 4.78 is 0. The number of carbonyl (C=O) groups is 1. The Morgan fingerprint density at radius 3 is 2.46 bits per heavy atom. The van der Waals surface area contributed by atoms with Crippen molar-refractivity contribution in [3.63, 3.8) is 0 Å². The molecule has 4 nitrogen and oxygen atoms in total. The van der Waals surface area contributed by atoms with Gasteiger partial charge in [0.15, 0.2) is 5.60 Å². The smallest absolute Gasteiger partial charge is 0.341 e. The largest absolute Gasteiger partial charge is 0.479 e. The number of aliphatic carboxylic acids is 1. The molecule has 0 aromatic heterocycles. The molecule has 130 valence electrons. The van der Waals surface area contributed by atoms with E-state index in [4.69, 9.17) is 0 Å². The van der Waals surface area contributed by atoms with Crippen molar-refractivity contribution in [1.82, 2.24) is 5.32 Å². The van der Waals surface area contributed by atoms with E-state index < -0.39 is 17.0 Å². The minimum Gasteiger partial charge on any atom is -0.479 e. The van der Waals surface area contributed by atoms with Crippen molar-refractivity contribution in [2.45, 2.75) is 51.0 Å². The first kappa shape index (κ1) is 18.5. The highest BCUT2D eigenvalue weighted by atomic mass is 16.4. The summed E-state index contributed by atoms with van der Waals surface area (Å²) in [5.74, 6) is 5.00. The quantitative estimate of drug-likeness (QED) is 0.554. The second-order valence-electron chi connectivity index (χ2n) is 6.53. The molecule has 1 saturated carbocycles. The summed E-state index contributed by atoms with van der Waals surface area (Å²) in [5, 5.41) is 24.4. The first-order valence-electron chi connectivity index (χ1n) is 8.74. The van der Waals surface area contributed by atoms with Gasteiger partial charge in [-0.25, -0.2) is 4.79 Å². The van der Waals surface area contributed by atoms with Gasteiger partial charge in [0, 0.05) is 11.8 Å². The Kier molecular flexibility index (Phi) is 6.42. The number of benzene rings is 1. The highest BCUT2D eigenvalue weighted by Gasteiger charge is 2.56. The van der Waals surface area contributed by atoms with Crippen LogP contribution in [0.15, 0.2) is 30.3 Å². The van der Waals surface area contributed by atoms with Gasteiger partial charge in [-0.05, 0) is 24.9 Å². The van der Waals surface area contributed by atoms with E-state index in [1.54, 1.807) is 24.3 Å². The minimum atomic E-state index is -1.90. The third kappa shape index (κ3) is 3.63. The first-order chi connectivity index (χ1) is 11.6. The molecule has 1 aliphatic carbocycles. The molecule has 0 amide bonds. The summed E-state index contributed by atoms with van der Waals surface area (Å²) >= 11 is 0. The minimum absolute atomic E-state index is 0.399. The Labute approximate surface area is 144 Å². The summed E-state index contributed by atoms with van der Waals surface area (Å²) in [6.45, 7) is 3.45.